The molecule has 5 rings (SSSR count). The second kappa shape index (κ2) is 7.11. The Morgan fingerprint density at radius 1 is 1.14 bits per heavy atom. The molecule has 5 heterocycles. The number of hydrogen-bond donors (Lipinski definition) is 1. The van der Waals surface area contributed by atoms with Crippen LogP contribution in [0.25, 0.3) is 27.8 Å². The Morgan fingerprint density at radius 2 is 1.97 bits per heavy atom. The average Bonchev–Trinajstić information content (AvgIpc) is 3.27. The van der Waals surface area contributed by atoms with Gasteiger partial charge in [-0.2, -0.15) is 0 Å². The first kappa shape index (κ1) is 18.1. The maximum atomic E-state index is 5.42. The van der Waals surface area contributed by atoms with Crippen molar-refractivity contribution in [1.29, 1.82) is 0 Å². The molecule has 29 heavy (non-hydrogen) atoms. The first-order chi connectivity index (χ1) is 14.1. The number of nitrogens with one attached hydrogen (secondary N) is 1. The minimum atomic E-state index is 0.324. The molecule has 1 saturated heterocycles. The highest BCUT2D eigenvalue weighted by atomic mass is 16.5. The summed E-state index contributed by atoms with van der Waals surface area (Å²) in [5.74, 6) is 1.63. The molecule has 1 aliphatic rings. The van der Waals surface area contributed by atoms with Gasteiger partial charge < -0.3 is 14.6 Å². The van der Waals surface area contributed by atoms with E-state index in [-0.39, 0.29) is 0 Å². The molecule has 0 spiro atoms. The molecule has 1 fully saturated rings. The average molecular weight is 391 g/mol. The van der Waals surface area contributed by atoms with Crippen LogP contribution in [0.15, 0.2) is 30.7 Å². The summed E-state index contributed by atoms with van der Waals surface area (Å²) in [4.78, 5) is 13.7. The van der Waals surface area contributed by atoms with E-state index in [4.69, 9.17) is 4.74 Å². The Labute approximate surface area is 168 Å². The van der Waals surface area contributed by atoms with Crippen molar-refractivity contribution in [2.75, 3.05) is 18.5 Å². The number of aryl methyl sites for hydroxylation is 1. The SMILES string of the molecule is Cc1nc2ncc(-c3ccn4nc(NC5CCOCC5)ncc34)cc2n1C(C)C. The monoisotopic (exact) mass is 391 g/mol. The second-order valence-electron chi connectivity index (χ2n) is 7.86. The van der Waals surface area contributed by atoms with E-state index >= 15 is 0 Å². The lowest BCUT2D eigenvalue weighted by Gasteiger charge is -2.22. The minimum Gasteiger partial charge on any atom is -0.381 e. The normalized spacial score (nSPS) is 15.6. The van der Waals surface area contributed by atoms with Gasteiger partial charge in [0.1, 0.15) is 5.82 Å². The fourth-order valence-corrected chi connectivity index (χ4v) is 4.12. The topological polar surface area (TPSA) is 82.2 Å². The number of pyridine rings is 1. The highest BCUT2D eigenvalue weighted by molar-refractivity contribution is 5.85. The zero-order valence-electron chi connectivity index (χ0n) is 17.0. The number of anilines is 1. The molecule has 0 bridgehead atoms. The van der Waals surface area contributed by atoms with Crippen molar-refractivity contribution >= 4 is 22.6 Å². The van der Waals surface area contributed by atoms with Crippen molar-refractivity contribution in [3.8, 4) is 11.1 Å². The summed E-state index contributed by atoms with van der Waals surface area (Å²) in [5.41, 5.74) is 4.88. The Balaban J connectivity index is 1.51. The molecule has 0 radical (unpaired) electrons. The Kier molecular flexibility index (Phi) is 4.43. The van der Waals surface area contributed by atoms with Crippen molar-refractivity contribution in [1.82, 2.24) is 29.1 Å². The number of aromatic nitrogens is 6. The van der Waals surface area contributed by atoms with Crippen molar-refractivity contribution < 1.29 is 4.74 Å². The van der Waals surface area contributed by atoms with Crippen LogP contribution in [-0.4, -0.2) is 48.4 Å². The molecule has 150 valence electrons. The second-order valence-corrected chi connectivity index (χ2v) is 7.86. The van der Waals surface area contributed by atoms with Gasteiger partial charge in [-0.1, -0.05) is 0 Å². The zero-order valence-corrected chi connectivity index (χ0v) is 17.0. The summed E-state index contributed by atoms with van der Waals surface area (Å²) in [7, 11) is 0. The third-order valence-electron chi connectivity index (χ3n) is 5.52. The van der Waals surface area contributed by atoms with E-state index < -0.39 is 0 Å². The molecule has 8 heteroatoms. The summed E-state index contributed by atoms with van der Waals surface area (Å²) in [6.07, 6.45) is 7.68. The fraction of sp³-hybridized carbons (Fsp3) is 0.429. The first-order valence-electron chi connectivity index (χ1n) is 10.1. The predicted molar refractivity (Wildman–Crippen MR) is 112 cm³/mol. The lowest BCUT2D eigenvalue weighted by molar-refractivity contribution is 0.0903. The summed E-state index contributed by atoms with van der Waals surface area (Å²) in [6.45, 7) is 7.92. The largest absolute Gasteiger partial charge is 0.381 e. The molecule has 0 aromatic carbocycles. The highest BCUT2D eigenvalue weighted by Gasteiger charge is 2.17. The lowest BCUT2D eigenvalue weighted by Crippen LogP contribution is -2.28. The number of rotatable bonds is 4. The van der Waals surface area contributed by atoms with Gasteiger partial charge in [-0.05, 0) is 45.7 Å². The van der Waals surface area contributed by atoms with E-state index in [1.54, 1.807) is 0 Å². The van der Waals surface area contributed by atoms with E-state index in [1.165, 1.54) is 0 Å². The van der Waals surface area contributed by atoms with Crippen LogP contribution in [0.4, 0.5) is 5.95 Å². The number of hydrogen-bond acceptors (Lipinski definition) is 6. The predicted octanol–water partition coefficient (Wildman–Crippen LogP) is 3.62. The van der Waals surface area contributed by atoms with Gasteiger partial charge in [0.2, 0.25) is 5.95 Å². The van der Waals surface area contributed by atoms with Crippen molar-refractivity contribution in [3.05, 3.63) is 36.5 Å². The molecule has 4 aromatic heterocycles. The van der Waals surface area contributed by atoms with E-state index in [9.17, 15) is 0 Å². The first-order valence-corrected chi connectivity index (χ1v) is 10.1. The van der Waals surface area contributed by atoms with E-state index in [1.807, 2.05) is 30.0 Å². The lowest BCUT2D eigenvalue weighted by atomic mass is 10.1. The van der Waals surface area contributed by atoms with Gasteiger partial charge in [0.25, 0.3) is 0 Å². The summed E-state index contributed by atoms with van der Waals surface area (Å²) >= 11 is 0. The van der Waals surface area contributed by atoms with E-state index in [2.05, 4.69) is 55.9 Å². The standard InChI is InChI=1S/C21H25N7O/c1-13(2)28-14(3)24-20-18(28)10-15(11-22-20)17-4-7-27-19(17)12-23-21(26-27)25-16-5-8-29-9-6-16/h4,7,10-13,16H,5-6,8-9H2,1-3H3,(H,25,26). The number of fused-ring (bicyclic) bond motifs is 2. The van der Waals surface area contributed by atoms with Crippen LogP contribution in [0.3, 0.4) is 0 Å². The van der Waals surface area contributed by atoms with Gasteiger partial charge in [0, 0.05) is 48.8 Å². The third kappa shape index (κ3) is 3.23. The minimum absolute atomic E-state index is 0.324. The summed E-state index contributed by atoms with van der Waals surface area (Å²) in [6, 6.07) is 4.91. The maximum Gasteiger partial charge on any atom is 0.241 e. The quantitative estimate of drug-likeness (QED) is 0.572. The molecule has 0 aliphatic carbocycles. The van der Waals surface area contributed by atoms with E-state index in [0.29, 0.717) is 18.0 Å². The molecule has 1 aliphatic heterocycles. The Bertz CT molecular complexity index is 1170. The van der Waals surface area contributed by atoms with Gasteiger partial charge >= 0.3 is 0 Å². The van der Waals surface area contributed by atoms with Crippen molar-refractivity contribution in [2.24, 2.45) is 0 Å². The van der Waals surface area contributed by atoms with Crippen molar-refractivity contribution in [2.45, 2.75) is 45.7 Å². The van der Waals surface area contributed by atoms with Crippen LogP contribution < -0.4 is 5.32 Å². The number of nitrogens with zero attached hydrogens (tertiary/aromatic N) is 6. The molecule has 8 nitrogen and oxygen atoms in total. The van der Waals surface area contributed by atoms with Crippen LogP contribution in [-0.2, 0) is 4.74 Å². The van der Waals surface area contributed by atoms with E-state index in [0.717, 1.165) is 59.7 Å². The van der Waals surface area contributed by atoms with Crippen LogP contribution in [0.1, 0.15) is 38.6 Å². The summed E-state index contributed by atoms with van der Waals surface area (Å²) in [5, 5.41) is 8.07. The van der Waals surface area contributed by atoms with Gasteiger partial charge in [-0.25, -0.2) is 19.5 Å². The highest BCUT2D eigenvalue weighted by Crippen LogP contribution is 2.29. The molecule has 0 atom stereocenters. The number of ether oxygens (including phenoxy) is 1. The molecule has 4 aromatic rings. The zero-order chi connectivity index (χ0) is 20.0. The Hall–Kier alpha value is -3.00. The maximum absolute atomic E-state index is 5.42. The van der Waals surface area contributed by atoms with Gasteiger partial charge in [0.15, 0.2) is 5.65 Å². The van der Waals surface area contributed by atoms with Gasteiger partial charge in [0.05, 0.1) is 17.2 Å². The summed E-state index contributed by atoms with van der Waals surface area (Å²) < 4.78 is 9.51. The molecule has 0 unspecified atom stereocenters. The van der Waals surface area contributed by atoms with Gasteiger partial charge in [-0.3, -0.25) is 0 Å². The van der Waals surface area contributed by atoms with Crippen LogP contribution in [0.2, 0.25) is 0 Å². The Morgan fingerprint density at radius 3 is 2.76 bits per heavy atom. The molecular formula is C21H25N7O. The molecular weight excluding hydrogens is 366 g/mol. The van der Waals surface area contributed by atoms with Crippen molar-refractivity contribution in [3.63, 3.8) is 0 Å². The molecule has 0 saturated carbocycles. The smallest absolute Gasteiger partial charge is 0.241 e. The molecule has 1 N–H and O–H groups in total. The van der Waals surface area contributed by atoms with Crippen LogP contribution in [0, 0.1) is 6.92 Å². The molecule has 0 amide bonds. The fourth-order valence-electron chi connectivity index (χ4n) is 4.12. The third-order valence-corrected chi connectivity index (χ3v) is 5.52. The van der Waals surface area contributed by atoms with Crippen LogP contribution in [0.5, 0.6) is 0 Å². The van der Waals surface area contributed by atoms with Crippen LogP contribution >= 0.6 is 0 Å². The van der Waals surface area contributed by atoms with Gasteiger partial charge in [-0.15, -0.1) is 5.10 Å². The number of imidazole rings is 1.